The molecule has 0 aliphatic rings. The molecule has 1 rings (SSSR count). The van der Waals surface area contributed by atoms with Crippen molar-refractivity contribution in [2.24, 2.45) is 0 Å². The highest BCUT2D eigenvalue weighted by Crippen LogP contribution is 1.96. The molecule has 17 heavy (non-hydrogen) atoms. The molecule has 0 fully saturated rings. The van der Waals surface area contributed by atoms with Gasteiger partial charge in [0.25, 0.3) is 5.56 Å². The number of aryl methyl sites for hydroxylation is 1. The van der Waals surface area contributed by atoms with E-state index in [4.69, 9.17) is 4.74 Å². The van der Waals surface area contributed by atoms with E-state index in [0.717, 1.165) is 31.9 Å². The fraction of sp³-hybridized carbons (Fsp3) is 0.636. The monoisotopic (exact) mass is 351 g/mol. The van der Waals surface area contributed by atoms with Crippen LogP contribution in [0.3, 0.4) is 0 Å². The molecule has 0 bridgehead atoms. The zero-order chi connectivity index (χ0) is 12.7. The average Bonchev–Trinajstić information content (AvgIpc) is 2.32. The highest BCUT2D eigenvalue weighted by Gasteiger charge is 2.04. The summed E-state index contributed by atoms with van der Waals surface area (Å²) in [7, 11) is 1.69. The third-order valence-corrected chi connectivity index (χ3v) is 3.16. The van der Waals surface area contributed by atoms with Crippen LogP contribution >= 0.6 is 22.6 Å². The molecule has 1 N–H and O–H groups in total. The minimum Gasteiger partial charge on any atom is -0.385 e. The largest absolute Gasteiger partial charge is 0.385 e. The first kappa shape index (κ1) is 14.6. The highest BCUT2D eigenvalue weighted by atomic mass is 127. The maximum atomic E-state index is 11.8. The summed E-state index contributed by atoms with van der Waals surface area (Å²) in [6, 6.07) is 0. The van der Waals surface area contributed by atoms with Gasteiger partial charge in [-0.05, 0) is 42.5 Å². The van der Waals surface area contributed by atoms with E-state index in [2.05, 4.69) is 10.3 Å². The standard InChI is InChI=1S/C11H18IN3O2/c1-9-14-8-10(12)11(16)15(9)6-5-13-4-3-7-17-2/h8,13H,3-7H2,1-2H3. The quantitative estimate of drug-likeness (QED) is 0.583. The molecule has 6 heteroatoms. The van der Waals surface area contributed by atoms with Crippen molar-refractivity contribution in [2.45, 2.75) is 19.9 Å². The van der Waals surface area contributed by atoms with Crippen LogP contribution in [0.1, 0.15) is 12.2 Å². The van der Waals surface area contributed by atoms with Crippen molar-refractivity contribution >= 4 is 22.6 Å². The third kappa shape index (κ3) is 4.72. The van der Waals surface area contributed by atoms with Gasteiger partial charge in [0.2, 0.25) is 0 Å². The Bertz CT molecular complexity index is 406. The molecule has 0 amide bonds. The molecule has 0 spiro atoms. The molecule has 1 aromatic heterocycles. The first-order valence-corrected chi connectivity index (χ1v) is 6.66. The Morgan fingerprint density at radius 3 is 3.00 bits per heavy atom. The van der Waals surface area contributed by atoms with E-state index in [1.807, 2.05) is 29.5 Å². The van der Waals surface area contributed by atoms with Crippen LogP contribution in [0.2, 0.25) is 0 Å². The second kappa shape index (κ2) is 7.78. The highest BCUT2D eigenvalue weighted by molar-refractivity contribution is 14.1. The van der Waals surface area contributed by atoms with Gasteiger partial charge in [-0.2, -0.15) is 0 Å². The van der Waals surface area contributed by atoms with Crippen LogP contribution in [0, 0.1) is 10.5 Å². The van der Waals surface area contributed by atoms with E-state index in [1.165, 1.54) is 0 Å². The summed E-state index contributed by atoms with van der Waals surface area (Å²) in [5.74, 6) is 0.758. The SMILES string of the molecule is COCCCNCCn1c(C)ncc(I)c1=O. The number of halogens is 1. The Morgan fingerprint density at radius 2 is 2.29 bits per heavy atom. The van der Waals surface area contributed by atoms with E-state index < -0.39 is 0 Å². The molecule has 96 valence electrons. The van der Waals surface area contributed by atoms with Gasteiger partial charge in [0.1, 0.15) is 5.82 Å². The van der Waals surface area contributed by atoms with Gasteiger partial charge in [0.05, 0.1) is 3.57 Å². The number of rotatable bonds is 7. The fourth-order valence-electron chi connectivity index (χ4n) is 1.47. The first-order valence-electron chi connectivity index (χ1n) is 5.58. The molecule has 1 heterocycles. The van der Waals surface area contributed by atoms with Gasteiger partial charge >= 0.3 is 0 Å². The van der Waals surface area contributed by atoms with E-state index in [-0.39, 0.29) is 5.56 Å². The lowest BCUT2D eigenvalue weighted by atomic mass is 10.4. The zero-order valence-electron chi connectivity index (χ0n) is 10.2. The molecule has 0 unspecified atom stereocenters. The maximum absolute atomic E-state index is 11.8. The normalized spacial score (nSPS) is 10.8. The summed E-state index contributed by atoms with van der Waals surface area (Å²) in [6.45, 7) is 4.94. The van der Waals surface area contributed by atoms with Gasteiger partial charge < -0.3 is 10.1 Å². The molecule has 5 nitrogen and oxygen atoms in total. The predicted molar refractivity (Wildman–Crippen MR) is 75.3 cm³/mol. The average molecular weight is 351 g/mol. The molecule has 1 aromatic rings. The molecule has 0 atom stereocenters. The number of methoxy groups -OCH3 is 1. The second-order valence-electron chi connectivity index (χ2n) is 3.71. The molecule has 0 aliphatic carbocycles. The number of hydrogen-bond acceptors (Lipinski definition) is 4. The van der Waals surface area contributed by atoms with Crippen LogP contribution in [0.25, 0.3) is 0 Å². The summed E-state index contributed by atoms with van der Waals surface area (Å²) in [5.41, 5.74) is 0.0387. The van der Waals surface area contributed by atoms with Gasteiger partial charge in [-0.15, -0.1) is 0 Å². The third-order valence-electron chi connectivity index (χ3n) is 2.42. The van der Waals surface area contributed by atoms with Gasteiger partial charge in [0, 0.05) is 33.0 Å². The van der Waals surface area contributed by atoms with Crippen molar-refractivity contribution in [3.63, 3.8) is 0 Å². The number of nitrogens with one attached hydrogen (secondary N) is 1. The number of hydrogen-bond donors (Lipinski definition) is 1. The summed E-state index contributed by atoms with van der Waals surface area (Å²) in [4.78, 5) is 16.0. The second-order valence-corrected chi connectivity index (χ2v) is 4.87. The van der Waals surface area contributed by atoms with Crippen molar-refractivity contribution in [2.75, 3.05) is 26.8 Å². The summed E-state index contributed by atoms with van der Waals surface area (Å²) >= 11 is 2.01. The van der Waals surface area contributed by atoms with Crippen molar-refractivity contribution < 1.29 is 4.74 Å². The lowest BCUT2D eigenvalue weighted by molar-refractivity contribution is 0.194. The van der Waals surface area contributed by atoms with Gasteiger partial charge in [-0.25, -0.2) is 4.98 Å². The molecular formula is C11H18IN3O2. The van der Waals surface area contributed by atoms with E-state index in [9.17, 15) is 4.79 Å². The van der Waals surface area contributed by atoms with Crippen molar-refractivity contribution in [3.8, 4) is 0 Å². The van der Waals surface area contributed by atoms with Crippen LogP contribution in [0.4, 0.5) is 0 Å². The fourth-order valence-corrected chi connectivity index (χ4v) is 1.90. The summed E-state index contributed by atoms with van der Waals surface area (Å²) in [5, 5.41) is 3.27. The zero-order valence-corrected chi connectivity index (χ0v) is 12.4. The van der Waals surface area contributed by atoms with Crippen molar-refractivity contribution in [1.82, 2.24) is 14.9 Å². The molecule has 0 radical (unpaired) electrons. The molecule has 0 aliphatic heterocycles. The van der Waals surface area contributed by atoms with Crippen LogP contribution in [0.15, 0.2) is 11.0 Å². The lowest BCUT2D eigenvalue weighted by Gasteiger charge is -2.10. The Balaban J connectivity index is 2.42. The minimum atomic E-state index is 0.0387. The van der Waals surface area contributed by atoms with Gasteiger partial charge in [0.15, 0.2) is 0 Å². The molecule has 0 saturated heterocycles. The summed E-state index contributed by atoms with van der Waals surface area (Å²) in [6.07, 6.45) is 2.59. The molecular weight excluding hydrogens is 333 g/mol. The van der Waals surface area contributed by atoms with Crippen LogP contribution in [0.5, 0.6) is 0 Å². The number of aromatic nitrogens is 2. The number of ether oxygens (including phenoxy) is 1. The first-order chi connectivity index (χ1) is 8.16. The van der Waals surface area contributed by atoms with Crippen molar-refractivity contribution in [3.05, 3.63) is 25.9 Å². The molecule has 0 saturated carbocycles. The minimum absolute atomic E-state index is 0.0387. The van der Waals surface area contributed by atoms with E-state index in [0.29, 0.717) is 10.1 Å². The van der Waals surface area contributed by atoms with Crippen LogP contribution < -0.4 is 10.9 Å². The van der Waals surface area contributed by atoms with Crippen LogP contribution in [-0.4, -0.2) is 36.4 Å². The van der Waals surface area contributed by atoms with Gasteiger partial charge in [-0.3, -0.25) is 9.36 Å². The Kier molecular flexibility index (Phi) is 6.68. The smallest absolute Gasteiger partial charge is 0.266 e. The molecule has 0 aromatic carbocycles. The Hall–Kier alpha value is -0.470. The Labute approximate surface area is 115 Å². The topological polar surface area (TPSA) is 56.1 Å². The van der Waals surface area contributed by atoms with E-state index in [1.54, 1.807) is 17.9 Å². The Morgan fingerprint density at radius 1 is 1.53 bits per heavy atom. The number of nitrogens with zero attached hydrogens (tertiary/aromatic N) is 2. The lowest BCUT2D eigenvalue weighted by Crippen LogP contribution is -2.31. The van der Waals surface area contributed by atoms with E-state index >= 15 is 0 Å². The summed E-state index contributed by atoms with van der Waals surface area (Å²) < 4.78 is 7.31. The maximum Gasteiger partial charge on any atom is 0.266 e. The van der Waals surface area contributed by atoms with Gasteiger partial charge in [-0.1, -0.05) is 0 Å². The predicted octanol–water partition coefficient (Wildman–Crippen LogP) is 0.782. The van der Waals surface area contributed by atoms with Crippen LogP contribution in [-0.2, 0) is 11.3 Å². The van der Waals surface area contributed by atoms with Crippen molar-refractivity contribution in [1.29, 1.82) is 0 Å².